The Kier molecular flexibility index (Phi) is 2.60. The molecule has 0 fully saturated rings. The molecule has 0 unspecified atom stereocenters. The minimum Gasteiger partial charge on any atom is -0.432 e. The van der Waals surface area contributed by atoms with Gasteiger partial charge < -0.3 is 4.74 Å². The highest BCUT2D eigenvalue weighted by molar-refractivity contribution is 9.10. The van der Waals surface area contributed by atoms with Crippen LogP contribution in [0.15, 0.2) is 22.8 Å². The van der Waals surface area contributed by atoms with Crippen molar-refractivity contribution in [3.63, 3.8) is 0 Å². The first-order valence-corrected chi connectivity index (χ1v) is 4.94. The van der Waals surface area contributed by atoms with Crippen LogP contribution in [0.5, 0.6) is 5.75 Å². The zero-order chi connectivity index (χ0) is 11.0. The number of aryl methyl sites for hydroxylation is 1. The molecule has 0 radical (unpaired) electrons. The Hall–Kier alpha value is -1.17. The second-order valence-corrected chi connectivity index (χ2v) is 3.84. The lowest BCUT2D eigenvalue weighted by Gasteiger charge is -2.04. The van der Waals surface area contributed by atoms with Crippen molar-refractivity contribution in [1.82, 2.24) is 9.78 Å². The van der Waals surface area contributed by atoms with Crippen LogP contribution in [-0.2, 0) is 7.05 Å². The highest BCUT2D eigenvalue weighted by Gasteiger charge is 2.12. The number of nitrogens with zero attached hydrogens (tertiary/aromatic N) is 2. The molecular formula is C9H7BrF2N2O. The molecule has 0 aliphatic carbocycles. The summed E-state index contributed by atoms with van der Waals surface area (Å²) in [6, 6.07) is 3.12. The number of hydrogen-bond donors (Lipinski definition) is 0. The lowest BCUT2D eigenvalue weighted by molar-refractivity contribution is -0.0489. The van der Waals surface area contributed by atoms with Crippen LogP contribution in [0.1, 0.15) is 0 Å². The summed E-state index contributed by atoms with van der Waals surface area (Å²) >= 11 is 3.31. The second kappa shape index (κ2) is 3.77. The summed E-state index contributed by atoms with van der Waals surface area (Å²) in [4.78, 5) is 0. The van der Waals surface area contributed by atoms with Gasteiger partial charge in [-0.25, -0.2) is 0 Å². The van der Waals surface area contributed by atoms with Crippen molar-refractivity contribution in [2.24, 2.45) is 7.05 Å². The van der Waals surface area contributed by atoms with Crippen LogP contribution < -0.4 is 4.74 Å². The van der Waals surface area contributed by atoms with Gasteiger partial charge in [0, 0.05) is 23.1 Å². The average Bonchev–Trinajstić information content (AvgIpc) is 2.52. The van der Waals surface area contributed by atoms with Gasteiger partial charge in [0.25, 0.3) is 0 Å². The van der Waals surface area contributed by atoms with E-state index in [4.69, 9.17) is 0 Å². The Morgan fingerprint density at radius 1 is 1.47 bits per heavy atom. The van der Waals surface area contributed by atoms with E-state index in [9.17, 15) is 8.78 Å². The fourth-order valence-electron chi connectivity index (χ4n) is 1.35. The van der Waals surface area contributed by atoms with E-state index >= 15 is 0 Å². The lowest BCUT2D eigenvalue weighted by atomic mass is 10.2. The Morgan fingerprint density at radius 2 is 2.20 bits per heavy atom. The predicted molar refractivity (Wildman–Crippen MR) is 55.0 cm³/mol. The Labute approximate surface area is 92.8 Å². The first kappa shape index (κ1) is 10.4. The van der Waals surface area contributed by atoms with Gasteiger partial charge >= 0.3 is 6.61 Å². The minimum atomic E-state index is -2.84. The fraction of sp³-hybridized carbons (Fsp3) is 0.222. The highest BCUT2D eigenvalue weighted by atomic mass is 79.9. The Balaban J connectivity index is 2.60. The van der Waals surface area contributed by atoms with Crippen LogP contribution in [0.25, 0.3) is 10.9 Å². The van der Waals surface area contributed by atoms with Crippen molar-refractivity contribution >= 4 is 26.8 Å². The van der Waals surface area contributed by atoms with Gasteiger partial charge in [0.15, 0.2) is 5.75 Å². The number of hydrogen-bond acceptors (Lipinski definition) is 2. The van der Waals surface area contributed by atoms with E-state index in [0.29, 0.717) is 5.52 Å². The maximum absolute atomic E-state index is 12.1. The van der Waals surface area contributed by atoms with E-state index < -0.39 is 6.61 Å². The summed E-state index contributed by atoms with van der Waals surface area (Å²) in [5.74, 6) is 0.0869. The Bertz CT molecular complexity index is 498. The van der Waals surface area contributed by atoms with E-state index in [1.807, 2.05) is 0 Å². The van der Waals surface area contributed by atoms with Gasteiger partial charge in [-0.2, -0.15) is 13.9 Å². The van der Waals surface area contributed by atoms with E-state index in [0.717, 1.165) is 9.86 Å². The van der Waals surface area contributed by atoms with E-state index in [1.165, 1.54) is 6.07 Å². The number of fused-ring (bicyclic) bond motifs is 1. The molecule has 1 aromatic heterocycles. The lowest BCUT2D eigenvalue weighted by Crippen LogP contribution is -2.02. The van der Waals surface area contributed by atoms with Crippen molar-refractivity contribution in [2.75, 3.05) is 0 Å². The maximum atomic E-state index is 12.1. The van der Waals surface area contributed by atoms with Crippen molar-refractivity contribution in [1.29, 1.82) is 0 Å². The zero-order valence-corrected chi connectivity index (χ0v) is 9.33. The molecule has 1 heterocycles. The topological polar surface area (TPSA) is 27.1 Å². The number of ether oxygens (including phenoxy) is 1. The summed E-state index contributed by atoms with van der Waals surface area (Å²) in [6.07, 6.45) is 1.73. The molecule has 0 bridgehead atoms. The van der Waals surface area contributed by atoms with E-state index in [2.05, 4.69) is 25.8 Å². The number of benzene rings is 1. The standard InChI is InChI=1S/C9H7BrF2N2O/c1-14-4-5-6(10)2-3-7(8(5)13-14)15-9(11)12/h2-4,9H,1H3. The monoisotopic (exact) mass is 276 g/mol. The molecule has 3 nitrogen and oxygen atoms in total. The first-order chi connectivity index (χ1) is 7.08. The highest BCUT2D eigenvalue weighted by Crippen LogP contribution is 2.31. The smallest absolute Gasteiger partial charge is 0.387 e. The summed E-state index contributed by atoms with van der Waals surface area (Å²) in [6.45, 7) is -2.84. The number of alkyl halides is 2. The van der Waals surface area contributed by atoms with Crippen molar-refractivity contribution in [3.8, 4) is 5.75 Å². The molecular weight excluding hydrogens is 270 g/mol. The van der Waals surface area contributed by atoms with Crippen LogP contribution in [0.2, 0.25) is 0 Å². The van der Waals surface area contributed by atoms with Gasteiger partial charge in [-0.15, -0.1) is 0 Å². The maximum Gasteiger partial charge on any atom is 0.387 e. The molecule has 2 rings (SSSR count). The third-order valence-corrected chi connectivity index (χ3v) is 2.61. The molecule has 1 aromatic carbocycles. The Morgan fingerprint density at radius 3 is 2.87 bits per heavy atom. The van der Waals surface area contributed by atoms with Gasteiger partial charge in [-0.1, -0.05) is 15.9 Å². The summed E-state index contributed by atoms with van der Waals surface area (Å²) in [5.41, 5.74) is 0.423. The van der Waals surface area contributed by atoms with E-state index in [1.54, 1.807) is 24.0 Å². The molecule has 6 heteroatoms. The molecule has 0 N–H and O–H groups in total. The molecule has 0 aliphatic heterocycles. The third kappa shape index (κ3) is 1.94. The summed E-state index contributed by atoms with van der Waals surface area (Å²) in [7, 11) is 1.72. The van der Waals surface area contributed by atoms with Crippen LogP contribution >= 0.6 is 15.9 Å². The van der Waals surface area contributed by atoms with Gasteiger partial charge in [-0.3, -0.25) is 4.68 Å². The minimum absolute atomic E-state index is 0.0869. The van der Waals surface area contributed by atoms with Crippen molar-refractivity contribution in [3.05, 3.63) is 22.8 Å². The largest absolute Gasteiger partial charge is 0.432 e. The number of aromatic nitrogens is 2. The quantitative estimate of drug-likeness (QED) is 0.843. The average molecular weight is 277 g/mol. The molecule has 80 valence electrons. The van der Waals surface area contributed by atoms with Crippen LogP contribution in [0.4, 0.5) is 8.78 Å². The van der Waals surface area contributed by atoms with Crippen LogP contribution in [0.3, 0.4) is 0 Å². The molecule has 0 aliphatic rings. The molecule has 0 amide bonds. The molecule has 0 saturated heterocycles. The molecule has 2 aromatic rings. The third-order valence-electron chi connectivity index (χ3n) is 1.92. The fourth-order valence-corrected chi connectivity index (χ4v) is 1.78. The van der Waals surface area contributed by atoms with Gasteiger partial charge in [0.05, 0.1) is 0 Å². The number of halogens is 3. The summed E-state index contributed by atoms with van der Waals surface area (Å²) in [5, 5.41) is 4.80. The van der Waals surface area contributed by atoms with Crippen LogP contribution in [0, 0.1) is 0 Å². The number of rotatable bonds is 2. The molecule has 0 spiro atoms. The first-order valence-electron chi connectivity index (χ1n) is 4.14. The molecule has 0 atom stereocenters. The predicted octanol–water partition coefficient (Wildman–Crippen LogP) is 2.94. The SMILES string of the molecule is Cn1cc2c(Br)ccc(OC(F)F)c2n1. The second-order valence-electron chi connectivity index (χ2n) is 2.99. The zero-order valence-electron chi connectivity index (χ0n) is 7.75. The van der Waals surface area contributed by atoms with Gasteiger partial charge in [0.2, 0.25) is 0 Å². The van der Waals surface area contributed by atoms with Crippen molar-refractivity contribution < 1.29 is 13.5 Å². The van der Waals surface area contributed by atoms with Gasteiger partial charge in [-0.05, 0) is 12.1 Å². The van der Waals surface area contributed by atoms with E-state index in [-0.39, 0.29) is 5.75 Å². The van der Waals surface area contributed by atoms with Gasteiger partial charge in [0.1, 0.15) is 5.52 Å². The summed E-state index contributed by atoms with van der Waals surface area (Å²) < 4.78 is 30.9. The molecule has 15 heavy (non-hydrogen) atoms. The van der Waals surface area contributed by atoms with Crippen LogP contribution in [-0.4, -0.2) is 16.4 Å². The normalized spacial score (nSPS) is 11.3. The molecule has 0 saturated carbocycles. The van der Waals surface area contributed by atoms with Crippen molar-refractivity contribution in [2.45, 2.75) is 6.61 Å².